The van der Waals surface area contributed by atoms with E-state index in [1.54, 1.807) is 29.6 Å². The van der Waals surface area contributed by atoms with E-state index in [4.69, 9.17) is 4.74 Å². The maximum Gasteiger partial charge on any atom is 0.417 e. The van der Waals surface area contributed by atoms with Crippen molar-refractivity contribution in [3.05, 3.63) is 57.1 Å². The van der Waals surface area contributed by atoms with Crippen molar-refractivity contribution in [2.75, 3.05) is 17.2 Å². The summed E-state index contributed by atoms with van der Waals surface area (Å²) in [5.74, 6) is 1.44. The lowest BCUT2D eigenvalue weighted by Crippen LogP contribution is -2.19. The van der Waals surface area contributed by atoms with Gasteiger partial charge in [-0.15, -0.1) is 16.4 Å². The third-order valence-corrected chi connectivity index (χ3v) is 6.85. The SMILES string of the molecule is CCOc1ccc(NC(=O)Nc2cc(C(F)(F)F)cs2)cc1-c1nn2c(C(CC)CC)nc(C)c2c(=O)[nH]1. The summed E-state index contributed by atoms with van der Waals surface area (Å²) in [4.78, 5) is 33.0. The van der Waals surface area contributed by atoms with Gasteiger partial charge in [-0.2, -0.15) is 13.2 Å². The van der Waals surface area contributed by atoms with Crippen LogP contribution in [0.3, 0.4) is 0 Å². The zero-order chi connectivity index (χ0) is 27.6. The van der Waals surface area contributed by atoms with Crippen LogP contribution in [0.4, 0.5) is 28.7 Å². The van der Waals surface area contributed by atoms with Crippen LogP contribution in [0.1, 0.15) is 56.6 Å². The van der Waals surface area contributed by atoms with Crippen molar-refractivity contribution in [2.24, 2.45) is 0 Å². The highest BCUT2D eigenvalue weighted by atomic mass is 32.1. The van der Waals surface area contributed by atoms with E-state index in [1.165, 1.54) is 0 Å². The molecule has 0 saturated heterocycles. The summed E-state index contributed by atoms with van der Waals surface area (Å²) >= 11 is 0.766. The summed E-state index contributed by atoms with van der Waals surface area (Å²) in [5.41, 5.74) is 0.463. The minimum Gasteiger partial charge on any atom is -0.493 e. The molecule has 0 spiro atoms. The number of ether oxygens (including phenoxy) is 1. The molecule has 0 aliphatic carbocycles. The molecular weight excluding hydrogens is 521 g/mol. The minimum atomic E-state index is -4.50. The molecule has 0 atom stereocenters. The highest BCUT2D eigenvalue weighted by Crippen LogP contribution is 2.35. The van der Waals surface area contributed by atoms with Gasteiger partial charge in [-0.25, -0.2) is 14.3 Å². The molecule has 0 radical (unpaired) electrons. The molecule has 202 valence electrons. The number of fused-ring (bicyclic) bond motifs is 1. The number of carbonyl (C=O) groups excluding carboxylic acids is 1. The molecule has 1 aromatic carbocycles. The number of aromatic nitrogens is 4. The Kier molecular flexibility index (Phi) is 7.76. The molecule has 0 fully saturated rings. The van der Waals surface area contributed by atoms with Crippen LogP contribution in [0.5, 0.6) is 5.75 Å². The van der Waals surface area contributed by atoms with Crippen molar-refractivity contribution >= 4 is 33.6 Å². The van der Waals surface area contributed by atoms with E-state index < -0.39 is 17.8 Å². The molecule has 3 aromatic heterocycles. The van der Waals surface area contributed by atoms with Crippen LogP contribution in [0.15, 0.2) is 34.4 Å². The van der Waals surface area contributed by atoms with E-state index in [9.17, 15) is 22.8 Å². The molecule has 0 aliphatic rings. The van der Waals surface area contributed by atoms with Crippen LogP contribution in [-0.2, 0) is 6.18 Å². The van der Waals surface area contributed by atoms with Crippen LogP contribution >= 0.6 is 11.3 Å². The van der Waals surface area contributed by atoms with Crippen LogP contribution in [0, 0.1) is 6.92 Å². The van der Waals surface area contributed by atoms with Crippen molar-refractivity contribution in [2.45, 2.75) is 52.6 Å². The number of imidazole rings is 1. The number of carbonyl (C=O) groups is 1. The van der Waals surface area contributed by atoms with Gasteiger partial charge in [-0.1, -0.05) is 13.8 Å². The first kappa shape index (κ1) is 27.2. The standard InChI is InChI=1S/C25H27F3N6O3S/c1-5-14(6-2)22-29-13(4)20-23(35)32-21(33-34(20)22)17-11-16(8-9-18(17)37-7-3)30-24(36)31-19-10-15(12-38-19)25(26,27)28/h8-12,14H,5-7H2,1-4H3,(H2,30,31,36)(H,32,33,35). The zero-order valence-corrected chi connectivity index (χ0v) is 22.0. The number of thiophene rings is 1. The van der Waals surface area contributed by atoms with Crippen molar-refractivity contribution in [3.8, 4) is 17.1 Å². The molecule has 9 nitrogen and oxygen atoms in total. The number of amides is 2. The van der Waals surface area contributed by atoms with Crippen LogP contribution in [0.25, 0.3) is 16.9 Å². The van der Waals surface area contributed by atoms with Gasteiger partial charge in [0.15, 0.2) is 11.3 Å². The third-order valence-electron chi connectivity index (χ3n) is 6.01. The largest absolute Gasteiger partial charge is 0.493 e. The van der Waals surface area contributed by atoms with E-state index in [0.717, 1.165) is 35.6 Å². The van der Waals surface area contributed by atoms with Crippen LogP contribution < -0.4 is 20.9 Å². The van der Waals surface area contributed by atoms with Gasteiger partial charge in [0.1, 0.15) is 11.6 Å². The van der Waals surface area contributed by atoms with E-state index in [0.29, 0.717) is 40.6 Å². The molecular formula is C25H27F3N6O3S. The maximum absolute atomic E-state index is 13.1. The van der Waals surface area contributed by atoms with Gasteiger partial charge in [0, 0.05) is 17.0 Å². The molecule has 3 N–H and O–H groups in total. The number of nitrogens with zero attached hydrogens (tertiary/aromatic N) is 3. The molecule has 0 bridgehead atoms. The Hall–Kier alpha value is -3.87. The predicted molar refractivity (Wildman–Crippen MR) is 140 cm³/mol. The van der Waals surface area contributed by atoms with E-state index >= 15 is 0 Å². The molecule has 3 heterocycles. The normalized spacial score (nSPS) is 11.8. The number of halogens is 3. The Labute approximate surface area is 220 Å². The van der Waals surface area contributed by atoms with Gasteiger partial charge < -0.3 is 15.0 Å². The number of urea groups is 1. The Balaban J connectivity index is 1.70. The predicted octanol–water partition coefficient (Wildman–Crippen LogP) is 6.42. The summed E-state index contributed by atoms with van der Waals surface area (Å²) in [7, 11) is 0. The van der Waals surface area contributed by atoms with Crippen molar-refractivity contribution in [3.63, 3.8) is 0 Å². The van der Waals surface area contributed by atoms with E-state index in [1.807, 2.05) is 20.8 Å². The fourth-order valence-corrected chi connectivity index (χ4v) is 4.93. The fraction of sp³-hybridized carbons (Fsp3) is 0.360. The fourth-order valence-electron chi connectivity index (χ4n) is 4.13. The first-order valence-electron chi connectivity index (χ1n) is 12.1. The highest BCUT2D eigenvalue weighted by Gasteiger charge is 2.31. The van der Waals surface area contributed by atoms with Crippen molar-refractivity contribution in [1.29, 1.82) is 0 Å². The molecule has 0 saturated carbocycles. The molecule has 2 amide bonds. The van der Waals surface area contributed by atoms with E-state index in [2.05, 4.69) is 25.7 Å². The van der Waals surface area contributed by atoms with E-state index in [-0.39, 0.29) is 22.3 Å². The van der Waals surface area contributed by atoms with Crippen LogP contribution in [0.2, 0.25) is 0 Å². The summed E-state index contributed by atoms with van der Waals surface area (Å²) in [6.07, 6.45) is -2.84. The van der Waals surface area contributed by atoms with Crippen LogP contribution in [-0.4, -0.2) is 32.2 Å². The number of benzene rings is 1. The maximum atomic E-state index is 13.1. The van der Waals surface area contributed by atoms with Crippen molar-refractivity contribution < 1.29 is 22.7 Å². The monoisotopic (exact) mass is 548 g/mol. The number of nitrogens with one attached hydrogen (secondary N) is 3. The number of anilines is 2. The summed E-state index contributed by atoms with van der Waals surface area (Å²) in [5, 5.41) is 10.7. The van der Waals surface area contributed by atoms with Gasteiger partial charge in [0.05, 0.1) is 28.4 Å². The lowest BCUT2D eigenvalue weighted by Gasteiger charge is -2.14. The van der Waals surface area contributed by atoms with Crippen molar-refractivity contribution in [1.82, 2.24) is 19.6 Å². The van der Waals surface area contributed by atoms with Gasteiger partial charge in [0.25, 0.3) is 5.56 Å². The number of hydrogen-bond acceptors (Lipinski definition) is 6. The Bertz CT molecular complexity index is 1520. The quantitative estimate of drug-likeness (QED) is 0.235. The topological polar surface area (TPSA) is 113 Å². The number of rotatable bonds is 8. The van der Waals surface area contributed by atoms with Gasteiger partial charge in [-0.3, -0.25) is 10.1 Å². The number of aromatic amines is 1. The smallest absolute Gasteiger partial charge is 0.417 e. The Morgan fingerprint density at radius 1 is 1.18 bits per heavy atom. The lowest BCUT2D eigenvalue weighted by atomic mass is 10.0. The van der Waals surface area contributed by atoms with Gasteiger partial charge in [0.2, 0.25) is 0 Å². The molecule has 0 unspecified atom stereocenters. The highest BCUT2D eigenvalue weighted by molar-refractivity contribution is 7.14. The number of hydrogen-bond donors (Lipinski definition) is 3. The number of alkyl halides is 3. The molecule has 0 aliphatic heterocycles. The Morgan fingerprint density at radius 3 is 2.55 bits per heavy atom. The third kappa shape index (κ3) is 5.52. The first-order valence-corrected chi connectivity index (χ1v) is 12.9. The summed E-state index contributed by atoms with van der Waals surface area (Å²) < 4.78 is 45.9. The first-order chi connectivity index (χ1) is 18.0. The Morgan fingerprint density at radius 2 is 1.92 bits per heavy atom. The lowest BCUT2D eigenvalue weighted by molar-refractivity contribution is -0.137. The molecule has 38 heavy (non-hydrogen) atoms. The second-order valence-electron chi connectivity index (χ2n) is 8.55. The van der Waals surface area contributed by atoms with Gasteiger partial charge >= 0.3 is 12.2 Å². The second kappa shape index (κ2) is 10.9. The summed E-state index contributed by atoms with van der Waals surface area (Å²) in [6, 6.07) is 4.91. The molecule has 13 heteroatoms. The number of aryl methyl sites for hydroxylation is 1. The van der Waals surface area contributed by atoms with Gasteiger partial charge in [-0.05, 0) is 51.0 Å². The molecule has 4 aromatic rings. The zero-order valence-electron chi connectivity index (χ0n) is 21.2. The average molecular weight is 549 g/mol. The molecule has 4 rings (SSSR count). The number of H-pyrrole nitrogens is 1. The minimum absolute atomic E-state index is 0.0434. The second-order valence-corrected chi connectivity index (χ2v) is 9.46. The summed E-state index contributed by atoms with van der Waals surface area (Å²) in [6.45, 7) is 8.01. The average Bonchev–Trinajstić information content (AvgIpc) is 3.46.